The zero-order valence-corrected chi connectivity index (χ0v) is 20.8. The molecule has 2 N–H and O–H groups in total. The van der Waals surface area contributed by atoms with Crippen LogP contribution < -0.4 is 10.6 Å². The van der Waals surface area contributed by atoms with Crippen LogP contribution in [0.15, 0.2) is 58.3 Å². The van der Waals surface area contributed by atoms with Crippen molar-refractivity contribution in [3.05, 3.63) is 69.6 Å². The molecule has 166 valence electrons. The van der Waals surface area contributed by atoms with E-state index in [0.29, 0.717) is 15.7 Å². The number of benzene rings is 2. The average molecular weight is 503 g/mol. The number of nitrogens with one attached hydrogen (secondary N) is 2. The van der Waals surface area contributed by atoms with Crippen molar-refractivity contribution in [2.24, 2.45) is 0 Å². The second-order valence-corrected chi connectivity index (χ2v) is 10.5. The molecule has 1 aliphatic rings. The number of anilines is 2. The minimum absolute atomic E-state index is 0.312. The van der Waals surface area contributed by atoms with Crippen molar-refractivity contribution in [2.75, 3.05) is 17.7 Å². The maximum Gasteiger partial charge on any atom is 0.341 e. The quantitative estimate of drug-likeness (QED) is 0.215. The highest BCUT2D eigenvalue weighted by atomic mass is 35.5. The Morgan fingerprint density at radius 1 is 1.06 bits per heavy atom. The smallest absolute Gasteiger partial charge is 0.341 e. The number of para-hydroxylation sites is 1. The van der Waals surface area contributed by atoms with E-state index in [1.165, 1.54) is 18.4 Å². The first-order valence-electron chi connectivity index (χ1n) is 10.4. The van der Waals surface area contributed by atoms with Gasteiger partial charge in [-0.3, -0.25) is 0 Å². The molecule has 1 aliphatic carbocycles. The molecule has 32 heavy (non-hydrogen) atoms. The Balaban J connectivity index is 1.53. The van der Waals surface area contributed by atoms with Gasteiger partial charge in [0.1, 0.15) is 5.00 Å². The van der Waals surface area contributed by atoms with Gasteiger partial charge >= 0.3 is 5.97 Å². The molecule has 3 aromatic rings. The molecule has 8 heteroatoms. The first-order chi connectivity index (χ1) is 15.5. The lowest BCUT2D eigenvalue weighted by Gasteiger charge is -2.14. The summed E-state index contributed by atoms with van der Waals surface area (Å²) in [5.41, 5.74) is 2.63. The van der Waals surface area contributed by atoms with Gasteiger partial charge in [-0.1, -0.05) is 41.9 Å². The number of methoxy groups -OCH3 is 1. The van der Waals surface area contributed by atoms with E-state index in [9.17, 15) is 4.79 Å². The third-order valence-corrected chi connectivity index (χ3v) is 7.96. The van der Waals surface area contributed by atoms with Crippen LogP contribution in [0.25, 0.3) is 0 Å². The third kappa shape index (κ3) is 5.46. The maximum absolute atomic E-state index is 12.6. The number of rotatable bonds is 5. The fourth-order valence-electron chi connectivity index (χ4n) is 3.69. The van der Waals surface area contributed by atoms with Crippen LogP contribution in [-0.2, 0) is 17.6 Å². The lowest BCUT2D eigenvalue weighted by atomic mass is 10.1. The van der Waals surface area contributed by atoms with E-state index in [0.717, 1.165) is 51.7 Å². The van der Waals surface area contributed by atoms with Gasteiger partial charge in [-0.05, 0) is 79.9 Å². The molecule has 0 radical (unpaired) electrons. The summed E-state index contributed by atoms with van der Waals surface area (Å²) in [7, 11) is 1.42. The van der Waals surface area contributed by atoms with Gasteiger partial charge in [0.15, 0.2) is 5.11 Å². The average Bonchev–Trinajstić information content (AvgIpc) is 2.96. The fraction of sp³-hybridized carbons (Fsp3) is 0.250. The molecular weight excluding hydrogens is 480 g/mol. The summed E-state index contributed by atoms with van der Waals surface area (Å²) in [5, 5.41) is 8.46. The molecule has 4 rings (SSSR count). The van der Waals surface area contributed by atoms with Crippen LogP contribution in [0.1, 0.15) is 40.1 Å². The number of thiocarbonyl (C=S) groups is 1. The van der Waals surface area contributed by atoms with Gasteiger partial charge in [0.2, 0.25) is 0 Å². The predicted octanol–water partition coefficient (Wildman–Crippen LogP) is 7.42. The number of fused-ring (bicyclic) bond motifs is 1. The van der Waals surface area contributed by atoms with Crippen molar-refractivity contribution in [1.82, 2.24) is 0 Å². The molecule has 0 fully saturated rings. The first-order valence-corrected chi connectivity index (χ1v) is 12.8. The van der Waals surface area contributed by atoms with Crippen LogP contribution >= 0.6 is 46.9 Å². The highest BCUT2D eigenvalue weighted by molar-refractivity contribution is 7.99. The van der Waals surface area contributed by atoms with Gasteiger partial charge in [-0.25, -0.2) is 4.79 Å². The number of hydrogen-bond acceptors (Lipinski definition) is 5. The SMILES string of the molecule is COC(=O)c1c(NC(=S)Nc2ccccc2Sc2ccc(Cl)cc2)sc2c1CCCCC2. The van der Waals surface area contributed by atoms with Crippen LogP contribution in [-0.4, -0.2) is 18.2 Å². The summed E-state index contributed by atoms with van der Waals surface area (Å²) in [5.74, 6) is -0.312. The van der Waals surface area contributed by atoms with Crippen molar-refractivity contribution >= 4 is 68.7 Å². The van der Waals surface area contributed by atoms with Gasteiger partial charge in [-0.15, -0.1) is 11.3 Å². The van der Waals surface area contributed by atoms with Gasteiger partial charge < -0.3 is 15.4 Å². The van der Waals surface area contributed by atoms with Crippen LogP contribution in [0.5, 0.6) is 0 Å². The highest BCUT2D eigenvalue weighted by Gasteiger charge is 2.25. The van der Waals surface area contributed by atoms with E-state index in [2.05, 4.69) is 10.6 Å². The Morgan fingerprint density at radius 3 is 2.59 bits per heavy atom. The van der Waals surface area contributed by atoms with E-state index in [4.69, 9.17) is 28.6 Å². The normalized spacial score (nSPS) is 13.1. The Hall–Kier alpha value is -2.06. The Bertz CT molecular complexity index is 1130. The largest absolute Gasteiger partial charge is 0.465 e. The molecule has 4 nitrogen and oxygen atoms in total. The van der Waals surface area contributed by atoms with Gasteiger partial charge in [0.05, 0.1) is 18.4 Å². The second-order valence-electron chi connectivity index (χ2n) is 7.39. The molecule has 0 aliphatic heterocycles. The lowest BCUT2D eigenvalue weighted by molar-refractivity contribution is 0.0601. The van der Waals surface area contributed by atoms with Gasteiger partial charge in [0.25, 0.3) is 0 Å². The molecule has 1 aromatic heterocycles. The molecule has 0 bridgehead atoms. The van der Waals surface area contributed by atoms with Crippen LogP contribution in [0, 0.1) is 0 Å². The highest BCUT2D eigenvalue weighted by Crippen LogP contribution is 2.38. The standard InChI is InChI=1S/C24H23ClN2O2S3/c1-29-23(28)21-17-7-3-2-4-9-19(17)32-22(21)27-24(30)26-18-8-5-6-10-20(18)31-16-13-11-15(25)12-14-16/h5-6,8,10-14H,2-4,7,9H2,1H3,(H2,26,27,30). The number of ether oxygens (including phenoxy) is 1. The summed E-state index contributed by atoms with van der Waals surface area (Å²) in [6, 6.07) is 15.7. The second kappa shape index (κ2) is 10.7. The van der Waals surface area contributed by atoms with Crippen LogP contribution in [0.3, 0.4) is 0 Å². The van der Waals surface area contributed by atoms with E-state index in [-0.39, 0.29) is 5.97 Å². The number of carbonyl (C=O) groups is 1. The molecule has 0 amide bonds. The third-order valence-electron chi connectivity index (χ3n) is 5.21. The minimum Gasteiger partial charge on any atom is -0.465 e. The monoisotopic (exact) mass is 502 g/mol. The minimum atomic E-state index is -0.312. The zero-order chi connectivity index (χ0) is 22.5. The van der Waals surface area contributed by atoms with Crippen molar-refractivity contribution in [3.63, 3.8) is 0 Å². The topological polar surface area (TPSA) is 50.4 Å². The molecular formula is C24H23ClN2O2S3. The molecule has 0 spiro atoms. The number of aryl methyl sites for hydroxylation is 1. The molecule has 0 saturated heterocycles. The van der Waals surface area contributed by atoms with Gasteiger partial charge in [0, 0.05) is 19.7 Å². The summed E-state index contributed by atoms with van der Waals surface area (Å²) < 4.78 is 5.09. The molecule has 0 unspecified atom stereocenters. The fourth-order valence-corrected chi connectivity index (χ4v) is 6.28. The van der Waals surface area contributed by atoms with Crippen LogP contribution in [0.2, 0.25) is 5.02 Å². The van der Waals surface area contributed by atoms with Crippen molar-refractivity contribution in [2.45, 2.75) is 41.9 Å². The Morgan fingerprint density at radius 2 is 1.81 bits per heavy atom. The van der Waals surface area contributed by atoms with Gasteiger partial charge in [-0.2, -0.15) is 0 Å². The molecule has 1 heterocycles. The predicted molar refractivity (Wildman–Crippen MR) is 139 cm³/mol. The summed E-state index contributed by atoms with van der Waals surface area (Å²) >= 11 is 14.9. The van der Waals surface area contributed by atoms with Crippen molar-refractivity contribution in [3.8, 4) is 0 Å². The van der Waals surface area contributed by atoms with Crippen molar-refractivity contribution in [1.29, 1.82) is 0 Å². The van der Waals surface area contributed by atoms with E-state index in [1.807, 2.05) is 48.5 Å². The van der Waals surface area contributed by atoms with Crippen LogP contribution in [0.4, 0.5) is 10.7 Å². The molecule has 2 aromatic carbocycles. The number of carbonyl (C=O) groups excluding carboxylic acids is 1. The summed E-state index contributed by atoms with van der Waals surface area (Å²) in [6.07, 6.45) is 5.31. The molecule has 0 saturated carbocycles. The van der Waals surface area contributed by atoms with E-state index >= 15 is 0 Å². The lowest BCUT2D eigenvalue weighted by Crippen LogP contribution is -2.20. The zero-order valence-electron chi connectivity index (χ0n) is 17.6. The Labute approximate surface area is 206 Å². The number of halogens is 1. The van der Waals surface area contributed by atoms with Crippen molar-refractivity contribution < 1.29 is 9.53 Å². The number of hydrogen-bond donors (Lipinski definition) is 2. The summed E-state index contributed by atoms with van der Waals surface area (Å²) in [6.45, 7) is 0. The van der Waals surface area contributed by atoms with E-state index < -0.39 is 0 Å². The summed E-state index contributed by atoms with van der Waals surface area (Å²) in [4.78, 5) is 15.9. The maximum atomic E-state index is 12.6. The van der Waals surface area contributed by atoms with E-state index in [1.54, 1.807) is 23.1 Å². The number of esters is 1. The first kappa shape index (κ1) is 23.1. The molecule has 0 atom stereocenters. The number of thiophene rings is 1. The Kier molecular flexibility index (Phi) is 7.73.